The van der Waals surface area contributed by atoms with Crippen LogP contribution in [0.4, 0.5) is 0 Å². The van der Waals surface area contributed by atoms with Gasteiger partial charge in [0.25, 0.3) is 0 Å². The van der Waals surface area contributed by atoms with E-state index >= 15 is 0 Å². The number of aliphatic hydroxyl groups excluding tert-OH is 1. The second-order valence-corrected chi connectivity index (χ2v) is 4.46. The summed E-state index contributed by atoms with van der Waals surface area (Å²) >= 11 is 0. The van der Waals surface area contributed by atoms with Gasteiger partial charge in [0.2, 0.25) is 0 Å². The van der Waals surface area contributed by atoms with Crippen molar-refractivity contribution in [1.29, 1.82) is 0 Å². The Bertz CT molecular complexity index is 761. The van der Waals surface area contributed by atoms with Gasteiger partial charge < -0.3 is 14.6 Å². The molecule has 6 heteroatoms. The van der Waals surface area contributed by atoms with Crippen molar-refractivity contribution in [2.24, 2.45) is 0 Å². The summed E-state index contributed by atoms with van der Waals surface area (Å²) in [7, 11) is 0. The number of para-hydroxylation sites is 1. The highest BCUT2D eigenvalue weighted by atomic mass is 16.4. The average molecular weight is 284 g/mol. The van der Waals surface area contributed by atoms with Gasteiger partial charge in [-0.15, -0.1) is 0 Å². The number of nitrogens with zero attached hydrogens (tertiary/aromatic N) is 2. The lowest BCUT2D eigenvalue weighted by molar-refractivity contribution is 0.0687. The standard InChI is InChI=1S/C15H12N2O4/c18-13(14-12(15(19)20)6-7-21-14)10-8-16-17(9-10)11-4-2-1-3-5-11/h1-9,13,18H,(H,19,20). The molecule has 1 atom stereocenters. The molecule has 2 heterocycles. The molecule has 21 heavy (non-hydrogen) atoms. The topological polar surface area (TPSA) is 88.5 Å². The van der Waals surface area contributed by atoms with Crippen LogP contribution in [0, 0.1) is 0 Å². The van der Waals surface area contributed by atoms with Crippen molar-refractivity contribution in [2.75, 3.05) is 0 Å². The zero-order valence-corrected chi connectivity index (χ0v) is 10.9. The normalized spacial score (nSPS) is 12.2. The highest BCUT2D eigenvalue weighted by Gasteiger charge is 2.23. The highest BCUT2D eigenvalue weighted by Crippen LogP contribution is 2.26. The Morgan fingerprint density at radius 2 is 2.00 bits per heavy atom. The van der Waals surface area contributed by atoms with Crippen LogP contribution in [-0.4, -0.2) is 26.0 Å². The van der Waals surface area contributed by atoms with Crippen LogP contribution in [-0.2, 0) is 0 Å². The Balaban J connectivity index is 1.93. The summed E-state index contributed by atoms with van der Waals surface area (Å²) in [5.41, 5.74) is 1.24. The number of aromatic nitrogens is 2. The number of aliphatic hydroxyl groups is 1. The quantitative estimate of drug-likeness (QED) is 0.767. The lowest BCUT2D eigenvalue weighted by Gasteiger charge is -2.06. The maximum Gasteiger partial charge on any atom is 0.339 e. The van der Waals surface area contributed by atoms with E-state index < -0.39 is 12.1 Å². The number of hydrogen-bond donors (Lipinski definition) is 2. The van der Waals surface area contributed by atoms with E-state index in [2.05, 4.69) is 5.10 Å². The molecule has 3 aromatic rings. The molecule has 0 radical (unpaired) electrons. The fraction of sp³-hybridized carbons (Fsp3) is 0.0667. The Morgan fingerprint density at radius 3 is 2.71 bits per heavy atom. The molecule has 0 aliphatic heterocycles. The number of rotatable bonds is 4. The summed E-state index contributed by atoms with van der Waals surface area (Å²) in [4.78, 5) is 11.1. The van der Waals surface area contributed by atoms with Gasteiger partial charge in [-0.3, -0.25) is 0 Å². The van der Waals surface area contributed by atoms with Crippen molar-refractivity contribution >= 4 is 5.97 Å². The first-order chi connectivity index (χ1) is 10.2. The van der Waals surface area contributed by atoms with E-state index in [1.54, 1.807) is 10.9 Å². The molecule has 0 bridgehead atoms. The van der Waals surface area contributed by atoms with E-state index in [0.29, 0.717) is 5.56 Å². The Labute approximate surface area is 119 Å². The third-order valence-corrected chi connectivity index (χ3v) is 3.11. The molecule has 0 fully saturated rings. The number of benzene rings is 1. The minimum Gasteiger partial charge on any atom is -0.478 e. The zero-order valence-electron chi connectivity index (χ0n) is 10.9. The van der Waals surface area contributed by atoms with E-state index in [4.69, 9.17) is 9.52 Å². The molecule has 0 spiro atoms. The van der Waals surface area contributed by atoms with Crippen LogP contribution >= 0.6 is 0 Å². The van der Waals surface area contributed by atoms with Crippen LogP contribution in [0.2, 0.25) is 0 Å². The Morgan fingerprint density at radius 1 is 1.24 bits per heavy atom. The molecule has 1 unspecified atom stereocenters. The zero-order chi connectivity index (χ0) is 14.8. The maximum atomic E-state index is 11.1. The molecule has 0 aliphatic rings. The van der Waals surface area contributed by atoms with Gasteiger partial charge in [-0.1, -0.05) is 18.2 Å². The van der Waals surface area contributed by atoms with Crippen molar-refractivity contribution in [1.82, 2.24) is 9.78 Å². The van der Waals surface area contributed by atoms with Crippen LogP contribution in [0.3, 0.4) is 0 Å². The number of carboxylic acids is 1. The van der Waals surface area contributed by atoms with Gasteiger partial charge in [0.05, 0.1) is 18.1 Å². The van der Waals surface area contributed by atoms with Crippen molar-refractivity contribution in [3.8, 4) is 5.69 Å². The third-order valence-electron chi connectivity index (χ3n) is 3.11. The second-order valence-electron chi connectivity index (χ2n) is 4.46. The van der Waals surface area contributed by atoms with Crippen molar-refractivity contribution in [3.63, 3.8) is 0 Å². The first kappa shape index (κ1) is 13.1. The monoisotopic (exact) mass is 284 g/mol. The molecular weight excluding hydrogens is 272 g/mol. The van der Waals surface area contributed by atoms with Crippen LogP contribution < -0.4 is 0 Å². The van der Waals surface area contributed by atoms with Gasteiger partial charge >= 0.3 is 5.97 Å². The van der Waals surface area contributed by atoms with Crippen LogP contribution in [0.5, 0.6) is 0 Å². The van der Waals surface area contributed by atoms with E-state index in [1.807, 2.05) is 30.3 Å². The van der Waals surface area contributed by atoms with Gasteiger partial charge in [0.15, 0.2) is 5.76 Å². The summed E-state index contributed by atoms with van der Waals surface area (Å²) in [6.45, 7) is 0. The highest BCUT2D eigenvalue weighted by molar-refractivity contribution is 5.88. The van der Waals surface area contributed by atoms with Gasteiger partial charge in [-0.25, -0.2) is 9.48 Å². The van der Waals surface area contributed by atoms with E-state index in [9.17, 15) is 9.90 Å². The molecular formula is C15H12N2O4. The SMILES string of the molecule is O=C(O)c1ccoc1C(O)c1cnn(-c2ccccc2)c1. The van der Waals surface area contributed by atoms with Gasteiger partial charge in [-0.2, -0.15) is 5.10 Å². The van der Waals surface area contributed by atoms with Gasteiger partial charge in [0, 0.05) is 11.8 Å². The van der Waals surface area contributed by atoms with Crippen LogP contribution in [0.1, 0.15) is 27.8 Å². The molecule has 2 aromatic heterocycles. The van der Waals surface area contributed by atoms with E-state index in [0.717, 1.165) is 5.69 Å². The molecule has 0 aliphatic carbocycles. The summed E-state index contributed by atoms with van der Waals surface area (Å²) < 4.78 is 6.69. The summed E-state index contributed by atoms with van der Waals surface area (Å²) in [6, 6.07) is 10.7. The lowest BCUT2D eigenvalue weighted by Crippen LogP contribution is -2.05. The van der Waals surface area contributed by atoms with Crippen LogP contribution in [0.15, 0.2) is 59.5 Å². The molecule has 3 rings (SSSR count). The average Bonchev–Trinajstić information content (AvgIpc) is 3.17. The first-order valence-corrected chi connectivity index (χ1v) is 6.25. The number of carbonyl (C=O) groups is 1. The molecule has 1 aromatic carbocycles. The number of furan rings is 1. The molecule has 6 nitrogen and oxygen atoms in total. The van der Waals surface area contributed by atoms with E-state index in [1.165, 1.54) is 18.5 Å². The largest absolute Gasteiger partial charge is 0.478 e. The minimum absolute atomic E-state index is 0.00453. The fourth-order valence-electron chi connectivity index (χ4n) is 2.06. The first-order valence-electron chi connectivity index (χ1n) is 6.25. The third kappa shape index (κ3) is 2.44. The van der Waals surface area contributed by atoms with Crippen molar-refractivity contribution < 1.29 is 19.4 Å². The number of carboxylic acid groups (broad SMARTS) is 1. The smallest absolute Gasteiger partial charge is 0.339 e. The Kier molecular flexibility index (Phi) is 3.29. The number of aromatic carboxylic acids is 1. The molecule has 0 saturated carbocycles. The predicted octanol–water partition coefficient (Wildman–Crippen LogP) is 2.25. The fourth-order valence-corrected chi connectivity index (χ4v) is 2.06. The van der Waals surface area contributed by atoms with Gasteiger partial charge in [-0.05, 0) is 18.2 Å². The molecule has 2 N–H and O–H groups in total. The van der Waals surface area contributed by atoms with Crippen molar-refractivity contribution in [2.45, 2.75) is 6.10 Å². The lowest BCUT2D eigenvalue weighted by atomic mass is 10.1. The van der Waals surface area contributed by atoms with Crippen molar-refractivity contribution in [3.05, 3.63) is 71.9 Å². The van der Waals surface area contributed by atoms with E-state index in [-0.39, 0.29) is 11.3 Å². The minimum atomic E-state index is -1.18. The maximum absolute atomic E-state index is 11.1. The molecule has 106 valence electrons. The Hall–Kier alpha value is -2.86. The molecule has 0 saturated heterocycles. The molecule has 0 amide bonds. The second kappa shape index (κ2) is 5.26. The summed E-state index contributed by atoms with van der Waals surface area (Å²) in [6.07, 6.45) is 3.17. The van der Waals surface area contributed by atoms with Crippen LogP contribution in [0.25, 0.3) is 5.69 Å². The number of hydrogen-bond acceptors (Lipinski definition) is 4. The summed E-state index contributed by atoms with van der Waals surface area (Å²) in [5.74, 6) is -1.15. The predicted molar refractivity (Wildman–Crippen MR) is 73.3 cm³/mol. The van der Waals surface area contributed by atoms with Gasteiger partial charge in [0.1, 0.15) is 11.7 Å². The summed E-state index contributed by atoms with van der Waals surface area (Å²) in [5, 5.41) is 23.5.